The summed E-state index contributed by atoms with van der Waals surface area (Å²) in [6, 6.07) is 0. The maximum Gasteiger partial charge on any atom is 0.330 e. The molecule has 59 heavy (non-hydrogen) atoms. The second-order valence-electron chi connectivity index (χ2n) is 18.5. The Morgan fingerprint density at radius 2 is 1.31 bits per heavy atom. The topological polar surface area (TPSA) is 83.8 Å². The molecule has 5 nitrogen and oxygen atoms in total. The lowest BCUT2D eigenvalue weighted by Crippen LogP contribution is -2.32. The molecule has 326 valence electrons. The average molecular weight is 809 g/mol. The van der Waals surface area contributed by atoms with Crippen LogP contribution in [0.2, 0.25) is 0 Å². The monoisotopic (exact) mass is 809 g/mol. The minimum Gasteiger partial charge on any atom is -0.458 e. The van der Waals surface area contributed by atoms with Crippen molar-refractivity contribution in [1.82, 2.24) is 0 Å². The van der Waals surface area contributed by atoms with Crippen LogP contribution in [0.4, 0.5) is 0 Å². The quantitative estimate of drug-likeness (QED) is 0.0334. The second kappa shape index (κ2) is 27.1. The van der Waals surface area contributed by atoms with Crippen LogP contribution in [0, 0.1) is 16.7 Å². The van der Waals surface area contributed by atoms with E-state index in [0.717, 1.165) is 41.6 Å². The fourth-order valence-corrected chi connectivity index (χ4v) is 8.33. The van der Waals surface area contributed by atoms with Crippen molar-refractivity contribution in [3.8, 4) is 0 Å². The van der Waals surface area contributed by atoms with Gasteiger partial charge in [0.25, 0.3) is 0 Å². The third kappa shape index (κ3) is 20.8. The van der Waals surface area contributed by atoms with Crippen molar-refractivity contribution in [2.75, 3.05) is 6.61 Å². The van der Waals surface area contributed by atoms with Crippen molar-refractivity contribution in [2.45, 2.75) is 171 Å². The number of rotatable bonds is 24. The first-order valence-electron chi connectivity index (χ1n) is 22.5. The van der Waals surface area contributed by atoms with E-state index in [1.807, 2.05) is 56.4 Å². The zero-order valence-electron chi connectivity index (χ0n) is 38.6. The minimum absolute atomic E-state index is 0.0215. The number of carbonyl (C=O) groups is 2. The van der Waals surface area contributed by atoms with Gasteiger partial charge in [0.15, 0.2) is 5.78 Å². The Morgan fingerprint density at radius 3 is 1.90 bits per heavy atom. The number of aliphatic hydroxyl groups excluding tert-OH is 2. The molecule has 0 saturated carbocycles. The van der Waals surface area contributed by atoms with Crippen molar-refractivity contribution < 1.29 is 24.5 Å². The predicted octanol–water partition coefficient (Wildman–Crippen LogP) is 13.8. The number of Topliss-reactive ketones (excluding diaryl/α,β-unsaturated/α-hetero) is 1. The molecule has 3 unspecified atom stereocenters. The van der Waals surface area contributed by atoms with Gasteiger partial charge in [-0.25, -0.2) is 4.79 Å². The molecule has 0 aromatic heterocycles. The fraction of sp³-hybridized carbons (Fsp3) is 0.556. The second-order valence-corrected chi connectivity index (χ2v) is 18.5. The molecule has 3 atom stereocenters. The summed E-state index contributed by atoms with van der Waals surface area (Å²) >= 11 is 0. The van der Waals surface area contributed by atoms with Crippen LogP contribution in [0.3, 0.4) is 0 Å². The average Bonchev–Trinajstić information content (AvgIpc) is 3.14. The van der Waals surface area contributed by atoms with Gasteiger partial charge in [-0.1, -0.05) is 204 Å². The van der Waals surface area contributed by atoms with Crippen LogP contribution in [-0.2, 0) is 14.3 Å². The van der Waals surface area contributed by atoms with Crippen LogP contribution in [0.5, 0.6) is 0 Å². The summed E-state index contributed by atoms with van der Waals surface area (Å²) < 4.78 is 5.60. The SMILES string of the molecule is CCCCCCCCCCCC=CC(=O)OCC(=CC=CC(C)=CC=CC=C(C)C=CC=C(C)C=CC1C(C)=CC(O)CC1(C)C)C(=O)CC1=C(C)CC(O)CC1(C)C. The third-order valence-corrected chi connectivity index (χ3v) is 11.7. The van der Waals surface area contributed by atoms with E-state index >= 15 is 0 Å². The van der Waals surface area contributed by atoms with Gasteiger partial charge in [0, 0.05) is 24.0 Å². The first kappa shape index (κ1) is 51.3. The molecule has 2 rings (SSSR count). The zero-order chi connectivity index (χ0) is 43.8. The van der Waals surface area contributed by atoms with Crippen LogP contribution in [-0.4, -0.2) is 40.8 Å². The molecule has 0 aromatic rings. The summed E-state index contributed by atoms with van der Waals surface area (Å²) in [4.78, 5) is 26.4. The van der Waals surface area contributed by atoms with Crippen molar-refractivity contribution in [2.24, 2.45) is 16.7 Å². The van der Waals surface area contributed by atoms with E-state index in [1.165, 1.54) is 68.6 Å². The Balaban J connectivity index is 2.02. The number of aliphatic hydroxyl groups is 2. The Morgan fingerprint density at radius 1 is 0.746 bits per heavy atom. The van der Waals surface area contributed by atoms with Gasteiger partial charge >= 0.3 is 5.97 Å². The van der Waals surface area contributed by atoms with Gasteiger partial charge in [-0.15, -0.1) is 0 Å². The van der Waals surface area contributed by atoms with E-state index in [1.54, 1.807) is 6.08 Å². The van der Waals surface area contributed by atoms with Crippen molar-refractivity contribution >= 4 is 11.8 Å². The molecule has 2 aliphatic rings. The summed E-state index contributed by atoms with van der Waals surface area (Å²) in [7, 11) is 0. The van der Waals surface area contributed by atoms with Crippen molar-refractivity contribution in [3.05, 3.63) is 130 Å². The predicted molar refractivity (Wildman–Crippen MR) is 251 cm³/mol. The molecule has 0 saturated heterocycles. The standard InChI is InChI=1S/C54H80O5/c1-11-12-13-14-15-16-17-18-19-20-21-32-52(58)59-40-46(51(57)37-50-45(6)36-48(56)39-54(50,9)10)31-25-30-42(3)27-23-22-26-41(2)28-24-29-43(4)33-34-49-44(5)35-47(55)38-53(49,7)8/h21-35,47-49,55-56H,11-20,36-40H2,1-10H3. The molecule has 0 amide bonds. The van der Waals surface area contributed by atoms with Gasteiger partial charge in [0.2, 0.25) is 0 Å². The summed E-state index contributed by atoms with van der Waals surface area (Å²) in [5.74, 6) is -0.195. The van der Waals surface area contributed by atoms with Crippen LogP contribution >= 0.6 is 0 Å². The summed E-state index contributed by atoms with van der Waals surface area (Å²) in [5, 5.41) is 20.5. The Labute approximate surface area is 360 Å². The summed E-state index contributed by atoms with van der Waals surface area (Å²) in [5.41, 5.74) is 6.83. The number of hydrogen-bond donors (Lipinski definition) is 2. The number of carbonyl (C=O) groups excluding carboxylic acids is 2. The molecule has 2 aliphatic carbocycles. The lowest BCUT2D eigenvalue weighted by molar-refractivity contribution is -0.137. The normalized spacial score (nSPS) is 22.2. The molecule has 0 aromatic carbocycles. The highest BCUT2D eigenvalue weighted by Gasteiger charge is 2.35. The number of esters is 1. The highest BCUT2D eigenvalue weighted by atomic mass is 16.5. The summed E-state index contributed by atoms with van der Waals surface area (Å²) in [6.07, 6.45) is 43.3. The van der Waals surface area contributed by atoms with Crippen LogP contribution < -0.4 is 0 Å². The molecule has 5 heteroatoms. The molecule has 0 heterocycles. The van der Waals surface area contributed by atoms with Gasteiger partial charge in [-0.3, -0.25) is 4.79 Å². The Kier molecular flexibility index (Phi) is 23.6. The molecule has 0 radical (unpaired) electrons. The van der Waals surface area contributed by atoms with Crippen molar-refractivity contribution in [1.29, 1.82) is 0 Å². The Hall–Kier alpha value is -3.80. The minimum atomic E-state index is -0.434. The van der Waals surface area contributed by atoms with Crippen molar-refractivity contribution in [3.63, 3.8) is 0 Å². The van der Waals surface area contributed by atoms with E-state index in [9.17, 15) is 19.8 Å². The zero-order valence-corrected chi connectivity index (χ0v) is 38.6. The van der Waals surface area contributed by atoms with Gasteiger partial charge < -0.3 is 14.9 Å². The molecule has 0 bridgehead atoms. The van der Waals surface area contributed by atoms with Gasteiger partial charge in [-0.2, -0.15) is 0 Å². The maximum absolute atomic E-state index is 13.7. The van der Waals surface area contributed by atoms with E-state index in [-0.39, 0.29) is 35.7 Å². The fourth-order valence-electron chi connectivity index (χ4n) is 8.33. The molecule has 2 N–H and O–H groups in total. The number of ketones is 1. The number of hydrogen-bond acceptors (Lipinski definition) is 5. The Bertz CT molecular complexity index is 1690. The van der Waals surface area contributed by atoms with Crippen LogP contribution in [0.1, 0.15) is 159 Å². The molecule has 0 fully saturated rings. The lowest BCUT2D eigenvalue weighted by Gasteiger charge is -2.38. The number of allylic oxidation sites excluding steroid dienone is 18. The first-order chi connectivity index (χ1) is 27.9. The third-order valence-electron chi connectivity index (χ3n) is 11.7. The number of unbranched alkanes of at least 4 members (excludes halogenated alkanes) is 9. The van der Waals surface area contributed by atoms with Gasteiger partial charge in [-0.05, 0) is 77.6 Å². The molecule has 0 aliphatic heterocycles. The smallest absolute Gasteiger partial charge is 0.330 e. The van der Waals surface area contributed by atoms with Gasteiger partial charge in [0.05, 0.1) is 12.2 Å². The highest BCUT2D eigenvalue weighted by Crippen LogP contribution is 2.43. The van der Waals surface area contributed by atoms with Gasteiger partial charge in [0.1, 0.15) is 6.61 Å². The van der Waals surface area contributed by atoms with E-state index < -0.39 is 12.1 Å². The maximum atomic E-state index is 13.7. The van der Waals surface area contributed by atoms with E-state index in [2.05, 4.69) is 91.8 Å². The number of ether oxygens (including phenoxy) is 1. The summed E-state index contributed by atoms with van der Waals surface area (Å²) in [6.45, 7) is 21.0. The van der Waals surface area contributed by atoms with Crippen LogP contribution in [0.25, 0.3) is 0 Å². The van der Waals surface area contributed by atoms with E-state index in [0.29, 0.717) is 24.3 Å². The first-order valence-corrected chi connectivity index (χ1v) is 22.5. The molecular formula is C54H80O5. The highest BCUT2D eigenvalue weighted by molar-refractivity contribution is 5.98. The largest absolute Gasteiger partial charge is 0.458 e. The molecular weight excluding hydrogens is 729 g/mol. The van der Waals surface area contributed by atoms with E-state index in [4.69, 9.17) is 4.74 Å². The van der Waals surface area contributed by atoms with Crippen LogP contribution in [0.15, 0.2) is 130 Å². The molecule has 0 spiro atoms. The lowest BCUT2D eigenvalue weighted by atomic mass is 9.67.